The predicted octanol–water partition coefficient (Wildman–Crippen LogP) is 4.47. The molecule has 0 spiro atoms. The van der Waals surface area contributed by atoms with Gasteiger partial charge in [-0.2, -0.15) is 0 Å². The molecule has 0 saturated heterocycles. The number of hydrogen-bond acceptors (Lipinski definition) is 6. The summed E-state index contributed by atoms with van der Waals surface area (Å²) < 4.78 is 6.51. The van der Waals surface area contributed by atoms with E-state index in [0.717, 1.165) is 22.3 Å². The molecule has 1 aromatic carbocycles. The van der Waals surface area contributed by atoms with Crippen molar-refractivity contribution in [2.75, 3.05) is 17.7 Å². The fourth-order valence-electron chi connectivity index (χ4n) is 1.89. The number of hydrogen-bond donors (Lipinski definition) is 1. The normalized spacial score (nSPS) is 11.3. The van der Waals surface area contributed by atoms with Gasteiger partial charge < -0.3 is 10.1 Å². The summed E-state index contributed by atoms with van der Waals surface area (Å²) in [6, 6.07) is 9.78. The number of para-hydroxylation sites is 1. The number of nitrogens with zero attached hydrogens (tertiary/aromatic N) is 2. The van der Waals surface area contributed by atoms with E-state index in [1.165, 1.54) is 11.3 Å². The predicted molar refractivity (Wildman–Crippen MR) is 99.9 cm³/mol. The van der Waals surface area contributed by atoms with Crippen molar-refractivity contribution in [3.8, 4) is 5.75 Å². The molecule has 0 aliphatic rings. The van der Waals surface area contributed by atoms with Crippen LogP contribution in [0.5, 0.6) is 5.75 Å². The van der Waals surface area contributed by atoms with E-state index in [9.17, 15) is 4.79 Å². The van der Waals surface area contributed by atoms with Crippen molar-refractivity contribution in [1.29, 1.82) is 0 Å². The second kappa shape index (κ2) is 9.03. The number of carbonyl (C=O) groups excluding carboxylic acids is 1. The molecule has 0 aliphatic carbocycles. The molecule has 1 aromatic heterocycles. The number of benzene rings is 1. The molecule has 130 valence electrons. The maximum absolute atomic E-state index is 11.9. The number of thioether (sulfide) groups is 1. The maximum Gasteiger partial charge on any atom is 0.226 e. The van der Waals surface area contributed by atoms with E-state index in [-0.39, 0.29) is 11.3 Å². The largest absolute Gasteiger partial charge is 0.494 e. The van der Waals surface area contributed by atoms with Gasteiger partial charge in [-0.15, -0.1) is 10.2 Å². The molecule has 1 N–H and O–H groups in total. The van der Waals surface area contributed by atoms with Crippen molar-refractivity contribution < 1.29 is 9.53 Å². The average molecular weight is 366 g/mol. The number of ether oxygens (including phenoxy) is 1. The quantitative estimate of drug-likeness (QED) is 0.425. The minimum Gasteiger partial charge on any atom is -0.494 e. The lowest BCUT2D eigenvalue weighted by Gasteiger charge is -2.16. The van der Waals surface area contributed by atoms with E-state index >= 15 is 0 Å². The van der Waals surface area contributed by atoms with E-state index in [0.29, 0.717) is 18.2 Å². The van der Waals surface area contributed by atoms with Crippen molar-refractivity contribution in [2.45, 2.75) is 38.0 Å². The van der Waals surface area contributed by atoms with Crippen LogP contribution in [0.2, 0.25) is 0 Å². The van der Waals surface area contributed by atoms with Crippen molar-refractivity contribution in [3.63, 3.8) is 0 Å². The topological polar surface area (TPSA) is 64.1 Å². The van der Waals surface area contributed by atoms with Gasteiger partial charge in [-0.1, -0.05) is 62.1 Å². The van der Waals surface area contributed by atoms with Crippen LogP contribution in [-0.2, 0) is 4.79 Å². The minimum absolute atomic E-state index is 0.0218. The average Bonchev–Trinajstić information content (AvgIpc) is 2.93. The summed E-state index contributed by atoms with van der Waals surface area (Å²) in [5, 5.41) is 11.5. The Balaban J connectivity index is 1.65. The number of rotatable bonds is 8. The molecule has 0 atom stereocenters. The van der Waals surface area contributed by atoms with Crippen molar-refractivity contribution in [2.24, 2.45) is 5.41 Å². The van der Waals surface area contributed by atoms with Crippen LogP contribution >= 0.6 is 23.1 Å². The molecule has 1 heterocycles. The summed E-state index contributed by atoms with van der Waals surface area (Å²) in [6.07, 6.45) is 1.39. The zero-order valence-corrected chi connectivity index (χ0v) is 15.9. The Kier molecular flexibility index (Phi) is 7.05. The van der Waals surface area contributed by atoms with Crippen LogP contribution in [0.4, 0.5) is 5.13 Å². The lowest BCUT2D eigenvalue weighted by atomic mass is 9.92. The molecule has 0 fully saturated rings. The fourth-order valence-corrected chi connectivity index (χ4v) is 3.64. The van der Waals surface area contributed by atoms with Crippen LogP contribution in [0.3, 0.4) is 0 Å². The van der Waals surface area contributed by atoms with Gasteiger partial charge in [0.25, 0.3) is 0 Å². The van der Waals surface area contributed by atoms with Crippen molar-refractivity contribution in [1.82, 2.24) is 10.2 Å². The summed E-state index contributed by atoms with van der Waals surface area (Å²) in [4.78, 5) is 11.9. The van der Waals surface area contributed by atoms with E-state index < -0.39 is 0 Å². The second-order valence-corrected chi connectivity index (χ2v) is 8.84. The van der Waals surface area contributed by atoms with E-state index in [4.69, 9.17) is 4.74 Å². The number of carbonyl (C=O) groups is 1. The van der Waals surface area contributed by atoms with Gasteiger partial charge in [0, 0.05) is 12.2 Å². The van der Waals surface area contributed by atoms with Crippen LogP contribution in [0, 0.1) is 5.41 Å². The van der Waals surface area contributed by atoms with Gasteiger partial charge in [-0.3, -0.25) is 4.79 Å². The molecular weight excluding hydrogens is 342 g/mol. The van der Waals surface area contributed by atoms with Gasteiger partial charge >= 0.3 is 0 Å². The Morgan fingerprint density at radius 1 is 1.25 bits per heavy atom. The zero-order chi connectivity index (χ0) is 17.4. The highest BCUT2D eigenvalue weighted by molar-refractivity contribution is 8.01. The molecule has 0 saturated carbocycles. The summed E-state index contributed by atoms with van der Waals surface area (Å²) in [6.45, 7) is 6.77. The van der Waals surface area contributed by atoms with E-state index in [1.54, 1.807) is 11.8 Å². The first-order chi connectivity index (χ1) is 11.4. The minimum atomic E-state index is -0.0366. The first-order valence-electron chi connectivity index (χ1n) is 7.86. The highest BCUT2D eigenvalue weighted by Gasteiger charge is 2.17. The summed E-state index contributed by atoms with van der Waals surface area (Å²) in [7, 11) is 0. The van der Waals surface area contributed by atoms with Crippen molar-refractivity contribution >= 4 is 34.1 Å². The number of nitrogens with one attached hydrogen (secondary N) is 1. The molecule has 0 radical (unpaired) electrons. The highest BCUT2D eigenvalue weighted by atomic mass is 32.2. The lowest BCUT2D eigenvalue weighted by molar-refractivity contribution is -0.117. The standard InChI is InChI=1S/C17H23N3O2S2/c1-17(2,3)12-14(21)18-15-19-20-16(24-15)23-11-7-10-22-13-8-5-4-6-9-13/h4-6,8-9H,7,10-12H2,1-3H3,(H,18,19,21). The highest BCUT2D eigenvalue weighted by Crippen LogP contribution is 2.27. The lowest BCUT2D eigenvalue weighted by Crippen LogP contribution is -2.19. The van der Waals surface area contributed by atoms with Gasteiger partial charge in [-0.05, 0) is 24.0 Å². The first-order valence-corrected chi connectivity index (χ1v) is 9.67. The van der Waals surface area contributed by atoms with Gasteiger partial charge in [0.2, 0.25) is 11.0 Å². The van der Waals surface area contributed by atoms with E-state index in [1.807, 2.05) is 51.1 Å². The zero-order valence-electron chi connectivity index (χ0n) is 14.2. The molecule has 7 heteroatoms. The molecule has 1 amide bonds. The Morgan fingerprint density at radius 2 is 2.00 bits per heavy atom. The molecule has 0 aliphatic heterocycles. The monoisotopic (exact) mass is 365 g/mol. The summed E-state index contributed by atoms with van der Waals surface area (Å²) in [5.41, 5.74) is -0.0366. The third-order valence-electron chi connectivity index (χ3n) is 2.87. The molecule has 0 unspecified atom stereocenters. The third-order valence-corrected chi connectivity index (χ3v) is 4.93. The van der Waals surface area contributed by atoms with Crippen LogP contribution in [0.15, 0.2) is 34.7 Å². The summed E-state index contributed by atoms with van der Waals surface area (Å²) >= 11 is 3.04. The molecule has 5 nitrogen and oxygen atoms in total. The van der Waals surface area contributed by atoms with E-state index in [2.05, 4.69) is 15.5 Å². The van der Waals surface area contributed by atoms with Crippen molar-refractivity contribution in [3.05, 3.63) is 30.3 Å². The number of amides is 1. The molecule has 2 rings (SSSR count). The molecular formula is C17H23N3O2S2. The van der Waals surface area contributed by atoms with Crippen LogP contribution in [0.25, 0.3) is 0 Å². The smallest absolute Gasteiger partial charge is 0.226 e. The first kappa shape index (κ1) is 18.7. The van der Waals surface area contributed by atoms with Crippen LogP contribution < -0.4 is 10.1 Å². The summed E-state index contributed by atoms with van der Waals surface area (Å²) in [5.74, 6) is 1.77. The third kappa shape index (κ3) is 7.31. The van der Waals surface area contributed by atoms with Crippen LogP contribution in [0.1, 0.15) is 33.6 Å². The van der Waals surface area contributed by atoms with Gasteiger partial charge in [0.15, 0.2) is 4.34 Å². The molecule has 2 aromatic rings. The molecule has 0 bridgehead atoms. The molecule has 24 heavy (non-hydrogen) atoms. The van der Waals surface area contributed by atoms with Gasteiger partial charge in [0.1, 0.15) is 5.75 Å². The number of anilines is 1. The van der Waals surface area contributed by atoms with Crippen LogP contribution in [-0.4, -0.2) is 28.5 Å². The Hall–Kier alpha value is -1.60. The maximum atomic E-state index is 11.9. The Bertz CT molecular complexity index is 639. The fraction of sp³-hybridized carbons (Fsp3) is 0.471. The SMILES string of the molecule is CC(C)(C)CC(=O)Nc1nnc(SCCCOc2ccccc2)s1. The number of aromatic nitrogens is 2. The Morgan fingerprint density at radius 3 is 2.71 bits per heavy atom. The second-order valence-electron chi connectivity index (χ2n) is 6.52. The van der Waals surface area contributed by atoms with Gasteiger partial charge in [-0.25, -0.2) is 0 Å². The Labute approximate surface area is 151 Å². The van der Waals surface area contributed by atoms with Gasteiger partial charge in [0.05, 0.1) is 6.61 Å².